The number of unbranched alkanes of at least 4 members (excludes halogenated alkanes) is 5. The van der Waals surface area contributed by atoms with Gasteiger partial charge in [0.15, 0.2) is 24.6 Å². The van der Waals surface area contributed by atoms with Crippen molar-refractivity contribution in [3.05, 3.63) is 20.4 Å². The summed E-state index contributed by atoms with van der Waals surface area (Å²) in [5.41, 5.74) is -0.967. The van der Waals surface area contributed by atoms with Crippen LogP contribution in [0.15, 0.2) is 9.59 Å². The summed E-state index contributed by atoms with van der Waals surface area (Å²) in [6, 6.07) is 0. The quantitative estimate of drug-likeness (QED) is 0.0438. The number of hydrogen-bond acceptors (Lipinski definition) is 20. The van der Waals surface area contributed by atoms with Crippen LogP contribution in [0.25, 0.3) is 0 Å². The summed E-state index contributed by atoms with van der Waals surface area (Å²) in [6.07, 6.45) is -20.1. The van der Waals surface area contributed by atoms with E-state index in [1.807, 2.05) is 0 Å². The van der Waals surface area contributed by atoms with Crippen LogP contribution in [0.1, 0.15) is 45.4 Å². The van der Waals surface area contributed by atoms with E-state index in [9.17, 15) is 60.7 Å². The van der Waals surface area contributed by atoms with Crippen LogP contribution < -0.4 is 20.9 Å². The van der Waals surface area contributed by atoms with Crippen molar-refractivity contribution in [2.24, 2.45) is 0 Å². The van der Waals surface area contributed by atoms with Crippen molar-refractivity contribution in [3.8, 4) is 5.75 Å². The second-order valence-corrected chi connectivity index (χ2v) is 13.0. The Morgan fingerprint density at radius 3 is 1.62 bits per heavy atom. The maximum absolute atomic E-state index is 11.7. The summed E-state index contributed by atoms with van der Waals surface area (Å²) in [4.78, 5) is 23.2. The van der Waals surface area contributed by atoms with Gasteiger partial charge in [-0.05, 0) is 19.8 Å². The Bertz CT molecular complexity index is 1280. The third kappa shape index (κ3) is 9.82. The minimum Gasteiger partial charge on any atom is -0.488 e. The van der Waals surface area contributed by atoms with Crippen LogP contribution in [-0.4, -0.2) is 183 Å². The average Bonchev–Trinajstić information content (AvgIpc) is 3.14. The van der Waals surface area contributed by atoms with Crippen molar-refractivity contribution in [2.75, 3.05) is 44.9 Å². The predicted molar refractivity (Wildman–Crippen MR) is 174 cm³/mol. The SMILES string of the molecule is CCOc1c(NCCCCCCCCO[C@@H]2O[C@H](CO)[C@H](O)[C@H](O[C@@H]3O[C@H](CO)[C@H](O)[C@H](O[C@@H]4O[C@H](CO)[C@H](O)[C@H](O)[C@H]4O)[C@H]3O)[C@H]2O)c(=O)c1=O. The van der Waals surface area contributed by atoms with Crippen LogP contribution in [-0.2, 0) is 28.4 Å². The predicted octanol–water partition coefficient (Wildman–Crippen LogP) is -5.10. The molecule has 52 heavy (non-hydrogen) atoms. The van der Waals surface area contributed by atoms with Crippen molar-refractivity contribution < 1.29 is 84.2 Å². The lowest BCUT2D eigenvalue weighted by Gasteiger charge is -2.48. The molecule has 0 radical (unpaired) electrons. The van der Waals surface area contributed by atoms with Gasteiger partial charge in [-0.15, -0.1) is 0 Å². The molecule has 0 amide bonds. The van der Waals surface area contributed by atoms with Gasteiger partial charge >= 0.3 is 0 Å². The largest absolute Gasteiger partial charge is 0.488 e. The molecule has 3 heterocycles. The van der Waals surface area contributed by atoms with Gasteiger partial charge in [-0.2, -0.15) is 0 Å². The Hall–Kier alpha value is -1.96. The summed E-state index contributed by atoms with van der Waals surface area (Å²) >= 11 is 0. The minimum atomic E-state index is -1.93. The Morgan fingerprint density at radius 1 is 0.577 bits per heavy atom. The molecule has 11 N–H and O–H groups in total. The van der Waals surface area contributed by atoms with Gasteiger partial charge in [0.05, 0.1) is 26.4 Å². The molecule has 3 aliphatic heterocycles. The Balaban J connectivity index is 1.25. The molecule has 20 heteroatoms. The van der Waals surface area contributed by atoms with Crippen molar-refractivity contribution in [1.29, 1.82) is 0 Å². The molecule has 15 atom stereocenters. The highest BCUT2D eigenvalue weighted by Crippen LogP contribution is 2.33. The maximum atomic E-state index is 11.7. The van der Waals surface area contributed by atoms with E-state index in [0.29, 0.717) is 19.6 Å². The first-order valence-corrected chi connectivity index (χ1v) is 17.6. The van der Waals surface area contributed by atoms with Gasteiger partial charge in [0.1, 0.15) is 78.9 Å². The van der Waals surface area contributed by atoms with Crippen LogP contribution in [0.2, 0.25) is 0 Å². The van der Waals surface area contributed by atoms with E-state index in [4.69, 9.17) is 33.2 Å². The highest BCUT2D eigenvalue weighted by Gasteiger charge is 2.53. The molecule has 3 saturated heterocycles. The third-order valence-corrected chi connectivity index (χ3v) is 9.38. The van der Waals surface area contributed by atoms with Gasteiger partial charge in [0.2, 0.25) is 0 Å². The molecule has 3 aliphatic rings. The number of nitrogens with one attached hydrogen (secondary N) is 1. The lowest BCUT2D eigenvalue weighted by atomic mass is 9.96. The van der Waals surface area contributed by atoms with Crippen LogP contribution in [0.4, 0.5) is 5.69 Å². The van der Waals surface area contributed by atoms with E-state index < -0.39 is 123 Å². The fraction of sp³-hybridized carbons (Fsp3) is 0.875. The molecule has 0 bridgehead atoms. The molecular formula is C32H53NO19. The van der Waals surface area contributed by atoms with Gasteiger partial charge in [-0.3, -0.25) is 9.59 Å². The summed E-state index contributed by atoms with van der Waals surface area (Å²) in [5.74, 6) is 0.0840. The molecule has 0 saturated carbocycles. The van der Waals surface area contributed by atoms with Crippen LogP contribution in [0.5, 0.6) is 5.75 Å². The lowest BCUT2D eigenvalue weighted by molar-refractivity contribution is -0.381. The molecule has 0 aromatic heterocycles. The second kappa shape index (κ2) is 20.1. The molecule has 3 fully saturated rings. The van der Waals surface area contributed by atoms with E-state index in [2.05, 4.69) is 5.32 Å². The monoisotopic (exact) mass is 755 g/mol. The zero-order chi connectivity index (χ0) is 38.1. The van der Waals surface area contributed by atoms with Crippen LogP contribution >= 0.6 is 0 Å². The van der Waals surface area contributed by atoms with E-state index in [0.717, 1.165) is 32.1 Å². The normalized spacial score (nSPS) is 38.4. The van der Waals surface area contributed by atoms with Crippen molar-refractivity contribution in [2.45, 2.75) is 138 Å². The summed E-state index contributed by atoms with van der Waals surface area (Å²) in [6.45, 7) is 0.373. The second-order valence-electron chi connectivity index (χ2n) is 13.0. The van der Waals surface area contributed by atoms with Crippen LogP contribution in [0, 0.1) is 0 Å². The fourth-order valence-corrected chi connectivity index (χ4v) is 6.33. The van der Waals surface area contributed by atoms with Crippen molar-refractivity contribution in [1.82, 2.24) is 0 Å². The first-order chi connectivity index (χ1) is 24.9. The molecule has 0 spiro atoms. The van der Waals surface area contributed by atoms with Gasteiger partial charge in [0, 0.05) is 13.2 Å². The number of hydrogen-bond donors (Lipinski definition) is 11. The molecule has 20 nitrogen and oxygen atoms in total. The van der Waals surface area contributed by atoms with Crippen molar-refractivity contribution in [3.63, 3.8) is 0 Å². The molecule has 4 rings (SSSR count). The number of ether oxygens (including phenoxy) is 7. The summed E-state index contributed by atoms with van der Waals surface area (Å²) in [5, 5.41) is 107. The van der Waals surface area contributed by atoms with E-state index in [1.165, 1.54) is 0 Å². The highest BCUT2D eigenvalue weighted by atomic mass is 16.8. The molecule has 0 aliphatic carbocycles. The zero-order valence-electron chi connectivity index (χ0n) is 28.8. The van der Waals surface area contributed by atoms with E-state index >= 15 is 0 Å². The van der Waals surface area contributed by atoms with Gasteiger partial charge in [-0.25, -0.2) is 0 Å². The molecule has 1 aromatic carbocycles. The van der Waals surface area contributed by atoms with Gasteiger partial charge < -0.3 is 89.5 Å². The molecule has 300 valence electrons. The lowest BCUT2D eigenvalue weighted by Crippen LogP contribution is -2.67. The number of aliphatic hydroxyl groups excluding tert-OH is 10. The Kier molecular flexibility index (Phi) is 16.5. The van der Waals surface area contributed by atoms with E-state index in [1.54, 1.807) is 6.92 Å². The number of anilines is 1. The molecule has 0 unspecified atom stereocenters. The topological polar surface area (TPSA) is 313 Å². The highest BCUT2D eigenvalue weighted by molar-refractivity contribution is 5.61. The zero-order valence-corrected chi connectivity index (χ0v) is 28.8. The Labute approximate surface area is 298 Å². The smallest absolute Gasteiger partial charge is 0.272 e. The summed E-state index contributed by atoms with van der Waals surface area (Å²) in [7, 11) is 0. The maximum Gasteiger partial charge on any atom is 0.272 e. The minimum absolute atomic E-state index is 0.0840. The Morgan fingerprint density at radius 2 is 1.06 bits per heavy atom. The summed E-state index contributed by atoms with van der Waals surface area (Å²) < 4.78 is 38.6. The number of aliphatic hydroxyl groups is 10. The number of rotatable bonds is 20. The fourth-order valence-electron chi connectivity index (χ4n) is 6.33. The third-order valence-electron chi connectivity index (χ3n) is 9.38. The first-order valence-electron chi connectivity index (χ1n) is 17.6. The van der Waals surface area contributed by atoms with Crippen LogP contribution in [0.3, 0.4) is 0 Å². The first kappa shape index (κ1) is 42.8. The van der Waals surface area contributed by atoms with E-state index in [-0.39, 0.29) is 18.0 Å². The van der Waals surface area contributed by atoms with Gasteiger partial charge in [0.25, 0.3) is 10.9 Å². The molecular weight excluding hydrogens is 702 g/mol. The van der Waals surface area contributed by atoms with Gasteiger partial charge in [-0.1, -0.05) is 25.7 Å². The van der Waals surface area contributed by atoms with Crippen molar-refractivity contribution >= 4 is 5.69 Å². The average molecular weight is 756 g/mol. The standard InChI is InChI=1S/C32H53NO19/c1-2-46-27-17(21(40)23(27)42)33-9-7-5-3-4-6-8-10-47-30-25(44)28(19(38)15(12-35)48-30)52-32-26(45)29(20(39)16(13-36)50-32)51-31-24(43)22(41)18(37)14(11-34)49-31/h14-16,18-20,22,24-26,28-39,41,43-45H,2-13H2,1H3/t14-,15-,16-,18+,19+,20+,22+,24-,25-,26-,28+,29+,30-,31+,32+/m1/s1. The molecule has 1 aromatic rings.